The molecule has 1 unspecified atom stereocenters. The lowest BCUT2D eigenvalue weighted by atomic mass is 9.87. The molecule has 0 aliphatic rings. The van der Waals surface area contributed by atoms with Crippen molar-refractivity contribution >= 4 is 32.9 Å². The molecule has 34 heavy (non-hydrogen) atoms. The Labute approximate surface area is 209 Å². The summed E-state index contributed by atoms with van der Waals surface area (Å²) in [7, 11) is 0. The Hall–Kier alpha value is -3.12. The molecule has 0 radical (unpaired) electrons. The van der Waals surface area contributed by atoms with Crippen LogP contribution in [0.3, 0.4) is 0 Å². The smallest absolute Gasteiger partial charge is 0.251 e. The van der Waals surface area contributed by atoms with Crippen LogP contribution in [0.5, 0.6) is 5.75 Å². The molecule has 3 aromatic carbocycles. The van der Waals surface area contributed by atoms with Crippen molar-refractivity contribution in [3.05, 3.63) is 94.2 Å². The molecule has 6 heteroatoms. The summed E-state index contributed by atoms with van der Waals surface area (Å²) in [4.78, 5) is 17.6. The average molecular weight is 520 g/mol. The molecule has 5 nitrogen and oxygen atoms in total. The standard InChI is InChI=1S/C28H30BrN3O2/c1-19(30-27(33)20-8-7-9-22(29)18-20)26-31-24-10-5-6-11-25(24)32(26)16-17-34-23-14-12-21(13-15-23)28(2,3)4/h5-15,18-19H,16-17H2,1-4H3,(H,30,33). The van der Waals surface area contributed by atoms with Crippen molar-refractivity contribution in [1.29, 1.82) is 0 Å². The number of fused-ring (bicyclic) bond motifs is 1. The summed E-state index contributed by atoms with van der Waals surface area (Å²) >= 11 is 3.43. The van der Waals surface area contributed by atoms with Crippen LogP contribution in [0.25, 0.3) is 11.0 Å². The first kappa shape index (κ1) is 24.0. The van der Waals surface area contributed by atoms with Gasteiger partial charge in [0.2, 0.25) is 0 Å². The molecule has 0 aliphatic carbocycles. The quantitative estimate of drug-likeness (QED) is 0.296. The average Bonchev–Trinajstić information content (AvgIpc) is 3.18. The highest BCUT2D eigenvalue weighted by molar-refractivity contribution is 9.10. The van der Waals surface area contributed by atoms with E-state index in [1.807, 2.05) is 61.5 Å². The number of nitrogens with one attached hydrogen (secondary N) is 1. The number of nitrogens with zero attached hydrogens (tertiary/aromatic N) is 2. The second kappa shape index (κ2) is 10.0. The van der Waals surface area contributed by atoms with E-state index >= 15 is 0 Å². The van der Waals surface area contributed by atoms with Gasteiger partial charge < -0.3 is 14.6 Å². The highest BCUT2D eigenvalue weighted by Gasteiger charge is 2.19. The van der Waals surface area contributed by atoms with Crippen molar-refractivity contribution in [3.63, 3.8) is 0 Å². The van der Waals surface area contributed by atoms with Crippen molar-refractivity contribution in [2.24, 2.45) is 0 Å². The molecule has 1 aromatic heterocycles. The van der Waals surface area contributed by atoms with Crippen LogP contribution in [0.15, 0.2) is 77.3 Å². The van der Waals surface area contributed by atoms with E-state index < -0.39 is 0 Å². The molecule has 1 heterocycles. The van der Waals surface area contributed by atoms with Crippen molar-refractivity contribution in [2.75, 3.05) is 6.61 Å². The number of ether oxygens (including phenoxy) is 1. The van der Waals surface area contributed by atoms with Gasteiger partial charge in [-0.25, -0.2) is 4.98 Å². The van der Waals surface area contributed by atoms with Crippen LogP contribution in [0.1, 0.15) is 55.5 Å². The van der Waals surface area contributed by atoms with Crippen molar-refractivity contribution < 1.29 is 9.53 Å². The van der Waals surface area contributed by atoms with Crippen LogP contribution in [-0.4, -0.2) is 22.1 Å². The number of aromatic nitrogens is 2. The number of hydrogen-bond donors (Lipinski definition) is 1. The fourth-order valence-corrected chi connectivity index (χ4v) is 4.34. The molecule has 0 fully saturated rings. The Morgan fingerprint density at radius 3 is 2.50 bits per heavy atom. The minimum absolute atomic E-state index is 0.111. The highest BCUT2D eigenvalue weighted by Crippen LogP contribution is 2.25. The van der Waals surface area contributed by atoms with Gasteiger partial charge in [-0.3, -0.25) is 4.79 Å². The fraction of sp³-hybridized carbons (Fsp3) is 0.286. The molecular formula is C28H30BrN3O2. The summed E-state index contributed by atoms with van der Waals surface area (Å²) in [5, 5.41) is 3.09. The molecule has 1 amide bonds. The lowest BCUT2D eigenvalue weighted by Crippen LogP contribution is -2.29. The predicted molar refractivity (Wildman–Crippen MR) is 140 cm³/mol. The number of rotatable bonds is 7. The number of imidazole rings is 1. The molecule has 4 aromatic rings. The minimum atomic E-state index is -0.273. The zero-order valence-electron chi connectivity index (χ0n) is 20.0. The summed E-state index contributed by atoms with van der Waals surface area (Å²) in [6, 6.07) is 23.4. The Bertz CT molecular complexity index is 1290. The van der Waals surface area contributed by atoms with E-state index in [1.165, 1.54) is 5.56 Å². The summed E-state index contributed by atoms with van der Waals surface area (Å²) < 4.78 is 9.05. The van der Waals surface area contributed by atoms with Gasteiger partial charge in [0.15, 0.2) is 0 Å². The Balaban J connectivity index is 1.50. The van der Waals surface area contributed by atoms with E-state index in [0.717, 1.165) is 27.1 Å². The first-order chi connectivity index (χ1) is 16.2. The van der Waals surface area contributed by atoms with Gasteiger partial charge in [0.25, 0.3) is 5.91 Å². The molecule has 0 saturated carbocycles. The van der Waals surface area contributed by atoms with Gasteiger partial charge in [-0.1, -0.05) is 67.0 Å². The maximum absolute atomic E-state index is 12.8. The van der Waals surface area contributed by atoms with Crippen molar-refractivity contribution in [1.82, 2.24) is 14.9 Å². The molecule has 0 aliphatic heterocycles. The van der Waals surface area contributed by atoms with Crippen LogP contribution in [0.2, 0.25) is 0 Å². The molecule has 4 rings (SSSR count). The van der Waals surface area contributed by atoms with E-state index in [-0.39, 0.29) is 17.4 Å². The SMILES string of the molecule is CC(NC(=O)c1cccc(Br)c1)c1nc2ccccc2n1CCOc1ccc(C(C)(C)C)cc1. The number of para-hydroxylation sites is 2. The Kier molecular flexibility index (Phi) is 7.08. The predicted octanol–water partition coefficient (Wildman–Crippen LogP) is 6.67. The first-order valence-corrected chi connectivity index (χ1v) is 12.3. The zero-order valence-corrected chi connectivity index (χ0v) is 21.6. The van der Waals surface area contributed by atoms with Crippen molar-refractivity contribution in [3.8, 4) is 5.75 Å². The molecule has 0 bridgehead atoms. The number of benzene rings is 3. The maximum atomic E-state index is 12.8. The monoisotopic (exact) mass is 519 g/mol. The van der Waals surface area contributed by atoms with Gasteiger partial charge in [-0.15, -0.1) is 0 Å². The van der Waals surface area contributed by atoms with Gasteiger partial charge in [0.1, 0.15) is 18.2 Å². The summed E-state index contributed by atoms with van der Waals surface area (Å²) in [5.74, 6) is 1.51. The Morgan fingerprint density at radius 2 is 1.79 bits per heavy atom. The lowest BCUT2D eigenvalue weighted by Gasteiger charge is -2.19. The van der Waals surface area contributed by atoms with Crippen LogP contribution in [-0.2, 0) is 12.0 Å². The number of carbonyl (C=O) groups is 1. The topological polar surface area (TPSA) is 56.2 Å². The van der Waals surface area contributed by atoms with Gasteiger partial charge in [-0.05, 0) is 60.4 Å². The van der Waals surface area contributed by atoms with Gasteiger partial charge in [0, 0.05) is 10.0 Å². The Morgan fingerprint density at radius 1 is 1.06 bits per heavy atom. The summed E-state index contributed by atoms with van der Waals surface area (Å²) in [6.45, 7) is 9.67. The van der Waals surface area contributed by atoms with E-state index in [0.29, 0.717) is 18.7 Å². The lowest BCUT2D eigenvalue weighted by molar-refractivity contribution is 0.0937. The number of halogens is 1. The normalized spacial score (nSPS) is 12.5. The third-order valence-corrected chi connectivity index (χ3v) is 6.30. The second-order valence-electron chi connectivity index (χ2n) is 9.44. The third-order valence-electron chi connectivity index (χ3n) is 5.81. The molecule has 1 N–H and O–H groups in total. The van der Waals surface area contributed by atoms with E-state index in [4.69, 9.17) is 9.72 Å². The van der Waals surface area contributed by atoms with Crippen LogP contribution < -0.4 is 10.1 Å². The number of carbonyl (C=O) groups excluding carboxylic acids is 1. The molecule has 0 spiro atoms. The van der Waals surface area contributed by atoms with Gasteiger partial charge in [-0.2, -0.15) is 0 Å². The second-order valence-corrected chi connectivity index (χ2v) is 10.4. The van der Waals surface area contributed by atoms with E-state index in [9.17, 15) is 4.79 Å². The molecular weight excluding hydrogens is 490 g/mol. The van der Waals surface area contributed by atoms with Crippen molar-refractivity contribution in [2.45, 2.75) is 45.7 Å². The van der Waals surface area contributed by atoms with E-state index in [1.54, 1.807) is 6.07 Å². The third kappa shape index (κ3) is 5.50. The fourth-order valence-electron chi connectivity index (χ4n) is 3.94. The van der Waals surface area contributed by atoms with Crippen LogP contribution >= 0.6 is 15.9 Å². The minimum Gasteiger partial charge on any atom is -0.492 e. The molecule has 0 saturated heterocycles. The van der Waals surface area contributed by atoms with E-state index in [2.05, 4.69) is 58.7 Å². The zero-order chi connectivity index (χ0) is 24.3. The molecule has 1 atom stereocenters. The highest BCUT2D eigenvalue weighted by atomic mass is 79.9. The molecule has 176 valence electrons. The van der Waals surface area contributed by atoms with Gasteiger partial charge in [0.05, 0.1) is 23.6 Å². The summed E-state index contributed by atoms with van der Waals surface area (Å²) in [6.07, 6.45) is 0. The maximum Gasteiger partial charge on any atom is 0.251 e. The first-order valence-electron chi connectivity index (χ1n) is 11.5. The van der Waals surface area contributed by atoms with Crippen LogP contribution in [0.4, 0.5) is 0 Å². The van der Waals surface area contributed by atoms with Crippen LogP contribution in [0, 0.1) is 0 Å². The summed E-state index contributed by atoms with van der Waals surface area (Å²) in [5.41, 5.74) is 3.91. The largest absolute Gasteiger partial charge is 0.492 e. The van der Waals surface area contributed by atoms with Gasteiger partial charge >= 0.3 is 0 Å². The number of hydrogen-bond acceptors (Lipinski definition) is 3. The number of amides is 1.